The summed E-state index contributed by atoms with van der Waals surface area (Å²) in [5.41, 5.74) is 1.07. The smallest absolute Gasteiger partial charge is 0.264 e. The number of amides is 2. The van der Waals surface area contributed by atoms with E-state index in [0.29, 0.717) is 18.0 Å². The van der Waals surface area contributed by atoms with Crippen molar-refractivity contribution in [3.63, 3.8) is 0 Å². The summed E-state index contributed by atoms with van der Waals surface area (Å²) in [6, 6.07) is 20.9. The fourth-order valence-corrected chi connectivity index (χ4v) is 5.43. The summed E-state index contributed by atoms with van der Waals surface area (Å²) in [6.45, 7) is 3.41. The zero-order valence-corrected chi connectivity index (χ0v) is 23.3. The van der Waals surface area contributed by atoms with E-state index in [4.69, 9.17) is 4.74 Å². The Hall–Kier alpha value is -3.37. The molecule has 3 rings (SSSR count). The maximum Gasteiger partial charge on any atom is 0.264 e. The van der Waals surface area contributed by atoms with Crippen molar-refractivity contribution in [1.29, 1.82) is 0 Å². The van der Waals surface area contributed by atoms with Gasteiger partial charge in [0.1, 0.15) is 18.3 Å². The molecule has 0 saturated carbocycles. The number of sulfonamides is 1. The van der Waals surface area contributed by atoms with E-state index in [1.807, 2.05) is 6.07 Å². The number of nitrogens with zero attached hydrogens (tertiary/aromatic N) is 2. The first kappa shape index (κ1) is 28.2. The third kappa shape index (κ3) is 7.11. The molecule has 0 bridgehead atoms. The molecule has 3 aromatic rings. The van der Waals surface area contributed by atoms with Crippen LogP contribution < -0.4 is 14.4 Å². The Morgan fingerprint density at radius 2 is 1.68 bits per heavy atom. The summed E-state index contributed by atoms with van der Waals surface area (Å²) in [4.78, 5) is 28.0. The number of hydrogen-bond acceptors (Lipinski definition) is 5. The summed E-state index contributed by atoms with van der Waals surface area (Å²) in [5, 5.41) is 2.74. The largest absolute Gasteiger partial charge is 0.497 e. The fraction of sp³-hybridized carbons (Fsp3) is 0.259. The van der Waals surface area contributed by atoms with Crippen LogP contribution in [0.4, 0.5) is 5.69 Å². The second kappa shape index (κ2) is 12.7. The van der Waals surface area contributed by atoms with Crippen LogP contribution in [-0.2, 0) is 26.2 Å². The van der Waals surface area contributed by atoms with Gasteiger partial charge in [-0.15, -0.1) is 0 Å². The minimum Gasteiger partial charge on any atom is -0.497 e. The Bertz CT molecular complexity index is 1320. The number of nitrogens with one attached hydrogen (secondary N) is 1. The molecule has 0 heterocycles. The fourth-order valence-electron chi connectivity index (χ4n) is 3.73. The first-order chi connectivity index (χ1) is 17.7. The van der Waals surface area contributed by atoms with Crippen molar-refractivity contribution in [1.82, 2.24) is 10.2 Å². The lowest BCUT2D eigenvalue weighted by molar-refractivity contribution is -0.139. The van der Waals surface area contributed by atoms with Gasteiger partial charge in [-0.2, -0.15) is 0 Å². The second-order valence-electron chi connectivity index (χ2n) is 8.24. The summed E-state index contributed by atoms with van der Waals surface area (Å²) in [5.74, 6) is -0.248. The number of ether oxygens (including phenoxy) is 1. The van der Waals surface area contributed by atoms with Crippen molar-refractivity contribution in [2.45, 2.75) is 31.3 Å². The topological polar surface area (TPSA) is 96.0 Å². The zero-order valence-electron chi connectivity index (χ0n) is 20.9. The van der Waals surface area contributed by atoms with Crippen molar-refractivity contribution < 1.29 is 22.7 Å². The van der Waals surface area contributed by atoms with E-state index in [9.17, 15) is 18.0 Å². The molecule has 3 aromatic carbocycles. The number of anilines is 1. The predicted molar refractivity (Wildman–Crippen MR) is 147 cm³/mol. The molecule has 1 N–H and O–H groups in total. The number of carbonyl (C=O) groups is 2. The zero-order chi connectivity index (χ0) is 27.0. The van der Waals surface area contributed by atoms with Gasteiger partial charge in [-0.05, 0) is 67.9 Å². The molecule has 0 aliphatic heterocycles. The quantitative estimate of drug-likeness (QED) is 0.362. The average Bonchev–Trinajstić information content (AvgIpc) is 2.91. The number of likely N-dealkylation sites (N-methyl/N-ethyl adjacent to an activating group) is 1. The Labute approximate surface area is 226 Å². The summed E-state index contributed by atoms with van der Waals surface area (Å²) >= 11 is 3.36. The minimum atomic E-state index is -4.09. The second-order valence-corrected chi connectivity index (χ2v) is 11.0. The summed E-state index contributed by atoms with van der Waals surface area (Å²) in [7, 11) is -2.54. The SMILES string of the molecule is CCNC(=O)C(C)N(Cc1cccc(OC)c1)C(=O)CN(c1ccc(Br)cc1)S(=O)(=O)c1ccccc1. The van der Waals surface area contributed by atoms with E-state index in [1.54, 1.807) is 81.6 Å². The van der Waals surface area contributed by atoms with E-state index in [-0.39, 0.29) is 17.3 Å². The van der Waals surface area contributed by atoms with Gasteiger partial charge in [0, 0.05) is 17.6 Å². The van der Waals surface area contributed by atoms with Crippen molar-refractivity contribution in [2.75, 3.05) is 24.5 Å². The van der Waals surface area contributed by atoms with Gasteiger partial charge in [-0.1, -0.05) is 46.3 Å². The van der Waals surface area contributed by atoms with Gasteiger partial charge in [-0.25, -0.2) is 8.42 Å². The van der Waals surface area contributed by atoms with Crippen LogP contribution in [0.3, 0.4) is 0 Å². The van der Waals surface area contributed by atoms with Crippen LogP contribution in [-0.4, -0.2) is 51.4 Å². The molecular weight excluding hydrogens is 558 g/mol. The van der Waals surface area contributed by atoms with Crippen molar-refractivity contribution in [2.24, 2.45) is 0 Å². The lowest BCUT2D eigenvalue weighted by atomic mass is 10.1. The molecule has 196 valence electrons. The standard InChI is InChI=1S/C27H30BrN3O5S/c1-4-29-27(33)20(2)30(18-21-9-8-10-24(17-21)36-3)26(32)19-31(23-15-13-22(28)14-16-23)37(34,35)25-11-6-5-7-12-25/h5-17,20H,4,18-19H2,1-3H3,(H,29,33). The molecule has 8 nitrogen and oxygen atoms in total. The molecule has 1 unspecified atom stereocenters. The molecular formula is C27H30BrN3O5S. The van der Waals surface area contributed by atoms with E-state index in [1.165, 1.54) is 17.0 Å². The summed E-state index contributed by atoms with van der Waals surface area (Å²) in [6.07, 6.45) is 0. The van der Waals surface area contributed by atoms with E-state index < -0.39 is 28.5 Å². The average molecular weight is 589 g/mol. The molecule has 0 radical (unpaired) electrons. The maximum atomic E-state index is 13.8. The number of methoxy groups -OCH3 is 1. The van der Waals surface area contributed by atoms with Gasteiger partial charge in [0.05, 0.1) is 17.7 Å². The normalized spacial score (nSPS) is 11.9. The monoisotopic (exact) mass is 587 g/mol. The molecule has 1 atom stereocenters. The van der Waals surface area contributed by atoms with Crippen LogP contribution in [0.25, 0.3) is 0 Å². The van der Waals surface area contributed by atoms with Gasteiger partial charge in [-0.3, -0.25) is 13.9 Å². The highest BCUT2D eigenvalue weighted by Crippen LogP contribution is 2.26. The number of rotatable bonds is 11. The lowest BCUT2D eigenvalue weighted by Crippen LogP contribution is -2.51. The molecule has 0 aromatic heterocycles. The number of hydrogen-bond donors (Lipinski definition) is 1. The van der Waals surface area contributed by atoms with Crippen LogP contribution in [0.2, 0.25) is 0 Å². The molecule has 10 heteroatoms. The van der Waals surface area contributed by atoms with Crippen molar-refractivity contribution >= 4 is 43.5 Å². The molecule has 0 aliphatic rings. The van der Waals surface area contributed by atoms with Crippen LogP contribution in [0.5, 0.6) is 5.75 Å². The minimum absolute atomic E-state index is 0.0573. The highest BCUT2D eigenvalue weighted by Gasteiger charge is 2.32. The van der Waals surface area contributed by atoms with Gasteiger partial charge < -0.3 is 15.0 Å². The van der Waals surface area contributed by atoms with Crippen LogP contribution in [0.15, 0.2) is 88.2 Å². The highest BCUT2D eigenvalue weighted by molar-refractivity contribution is 9.10. The lowest BCUT2D eigenvalue weighted by Gasteiger charge is -2.32. The predicted octanol–water partition coefficient (Wildman–Crippen LogP) is 4.21. The highest BCUT2D eigenvalue weighted by atomic mass is 79.9. The number of halogens is 1. The summed E-state index contributed by atoms with van der Waals surface area (Å²) < 4.78 is 34.5. The Balaban J connectivity index is 2.01. The molecule has 0 saturated heterocycles. The van der Waals surface area contributed by atoms with Crippen LogP contribution >= 0.6 is 15.9 Å². The number of carbonyl (C=O) groups excluding carboxylic acids is 2. The maximum absolute atomic E-state index is 13.8. The van der Waals surface area contributed by atoms with Gasteiger partial charge in [0.25, 0.3) is 10.0 Å². The molecule has 0 fully saturated rings. The third-order valence-corrected chi connectivity index (χ3v) is 8.05. The Morgan fingerprint density at radius 3 is 2.30 bits per heavy atom. The van der Waals surface area contributed by atoms with Gasteiger partial charge in [0.15, 0.2) is 0 Å². The van der Waals surface area contributed by atoms with Crippen molar-refractivity contribution in [3.8, 4) is 5.75 Å². The molecule has 2 amide bonds. The Kier molecular flexibility index (Phi) is 9.71. The van der Waals surface area contributed by atoms with Crippen LogP contribution in [0, 0.1) is 0 Å². The Morgan fingerprint density at radius 1 is 1.00 bits per heavy atom. The van der Waals surface area contributed by atoms with E-state index in [2.05, 4.69) is 21.2 Å². The molecule has 37 heavy (non-hydrogen) atoms. The van der Waals surface area contributed by atoms with E-state index in [0.717, 1.165) is 14.3 Å². The number of benzene rings is 3. The molecule has 0 spiro atoms. The third-order valence-electron chi connectivity index (χ3n) is 5.73. The van der Waals surface area contributed by atoms with Crippen molar-refractivity contribution in [3.05, 3.63) is 88.9 Å². The van der Waals surface area contributed by atoms with Crippen LogP contribution in [0.1, 0.15) is 19.4 Å². The van der Waals surface area contributed by atoms with Gasteiger partial charge in [0.2, 0.25) is 11.8 Å². The first-order valence-electron chi connectivity index (χ1n) is 11.7. The van der Waals surface area contributed by atoms with Gasteiger partial charge >= 0.3 is 0 Å². The molecule has 0 aliphatic carbocycles. The van der Waals surface area contributed by atoms with E-state index >= 15 is 0 Å². The first-order valence-corrected chi connectivity index (χ1v) is 13.9.